The van der Waals surface area contributed by atoms with E-state index >= 15 is 0 Å². The Hall–Kier alpha value is -1.80. The molecule has 2 aromatic carbocycles. The van der Waals surface area contributed by atoms with Crippen molar-refractivity contribution >= 4 is 5.69 Å². The summed E-state index contributed by atoms with van der Waals surface area (Å²) in [4.78, 5) is 2.66. The normalized spacial score (nSPS) is 25.7. The topological polar surface area (TPSA) is 15.3 Å². The van der Waals surface area contributed by atoms with Crippen LogP contribution in [0.5, 0.6) is 0 Å². The van der Waals surface area contributed by atoms with Crippen molar-refractivity contribution < 1.29 is 0 Å². The summed E-state index contributed by atoms with van der Waals surface area (Å²) in [5.41, 5.74) is 7.52. The molecule has 0 aromatic heterocycles. The summed E-state index contributed by atoms with van der Waals surface area (Å²) in [6, 6.07) is 15.8. The van der Waals surface area contributed by atoms with Crippen molar-refractivity contribution in [1.82, 2.24) is 5.32 Å². The van der Waals surface area contributed by atoms with Gasteiger partial charge in [0, 0.05) is 37.8 Å². The lowest BCUT2D eigenvalue weighted by atomic mass is 9.79. The molecule has 3 aliphatic heterocycles. The molecule has 22 heavy (non-hydrogen) atoms. The van der Waals surface area contributed by atoms with Crippen molar-refractivity contribution in [3.05, 3.63) is 53.6 Å². The van der Waals surface area contributed by atoms with E-state index in [1.165, 1.54) is 43.6 Å². The van der Waals surface area contributed by atoms with E-state index in [1.807, 2.05) is 0 Å². The minimum Gasteiger partial charge on any atom is -0.371 e. The van der Waals surface area contributed by atoms with Gasteiger partial charge in [-0.05, 0) is 53.1 Å². The molecule has 2 aromatic rings. The molecule has 112 valence electrons. The number of aryl methyl sites for hydroxylation is 1. The molecule has 1 N–H and O–H groups in total. The van der Waals surface area contributed by atoms with Crippen LogP contribution in [0.4, 0.5) is 5.69 Å². The highest BCUT2D eigenvalue weighted by molar-refractivity contribution is 5.74. The molecule has 0 saturated carbocycles. The Bertz CT molecular complexity index is 707. The number of hydrogen-bond donors (Lipinski definition) is 1. The van der Waals surface area contributed by atoms with Gasteiger partial charge in [-0.25, -0.2) is 0 Å². The molecular weight excluding hydrogens is 268 g/mol. The fourth-order valence-corrected chi connectivity index (χ4v) is 4.70. The number of hydrogen-bond acceptors (Lipinski definition) is 2. The number of nitrogens with one attached hydrogen (secondary N) is 1. The van der Waals surface area contributed by atoms with Gasteiger partial charge in [0.05, 0.1) is 0 Å². The quantitative estimate of drug-likeness (QED) is 0.865. The van der Waals surface area contributed by atoms with Crippen molar-refractivity contribution in [1.29, 1.82) is 0 Å². The summed E-state index contributed by atoms with van der Waals surface area (Å²) in [5, 5.41) is 3.62. The lowest BCUT2D eigenvalue weighted by Crippen LogP contribution is -2.40. The van der Waals surface area contributed by atoms with Gasteiger partial charge in [0.2, 0.25) is 0 Å². The van der Waals surface area contributed by atoms with Gasteiger partial charge in [0.15, 0.2) is 0 Å². The fraction of sp³-hybridized carbons (Fsp3) is 0.400. The first kappa shape index (κ1) is 12.7. The van der Waals surface area contributed by atoms with E-state index < -0.39 is 0 Å². The first-order valence-electron chi connectivity index (χ1n) is 8.58. The molecule has 2 heteroatoms. The van der Waals surface area contributed by atoms with Crippen molar-refractivity contribution in [3.63, 3.8) is 0 Å². The Morgan fingerprint density at radius 3 is 2.82 bits per heavy atom. The first-order chi connectivity index (χ1) is 10.9. The lowest BCUT2D eigenvalue weighted by Gasteiger charge is -2.42. The van der Waals surface area contributed by atoms with Crippen LogP contribution in [-0.4, -0.2) is 26.2 Å². The monoisotopic (exact) mass is 290 g/mol. The highest BCUT2D eigenvalue weighted by Crippen LogP contribution is 2.46. The molecule has 0 radical (unpaired) electrons. The number of fused-ring (bicyclic) bond motifs is 2. The van der Waals surface area contributed by atoms with Gasteiger partial charge in [-0.15, -0.1) is 0 Å². The van der Waals surface area contributed by atoms with E-state index in [1.54, 1.807) is 16.8 Å². The minimum atomic E-state index is 0.715. The zero-order chi connectivity index (χ0) is 14.5. The van der Waals surface area contributed by atoms with Crippen molar-refractivity contribution in [2.45, 2.75) is 18.8 Å². The molecule has 1 saturated heterocycles. The van der Waals surface area contributed by atoms with Gasteiger partial charge >= 0.3 is 0 Å². The second-order valence-corrected chi connectivity index (χ2v) is 7.01. The Balaban J connectivity index is 1.71. The summed E-state index contributed by atoms with van der Waals surface area (Å²) in [6.45, 7) is 4.84. The van der Waals surface area contributed by atoms with Gasteiger partial charge in [-0.3, -0.25) is 0 Å². The Morgan fingerprint density at radius 2 is 1.91 bits per heavy atom. The first-order valence-corrected chi connectivity index (χ1v) is 8.58. The molecule has 3 heterocycles. The van der Waals surface area contributed by atoms with E-state index in [2.05, 4.69) is 52.7 Å². The third kappa shape index (κ3) is 1.83. The number of nitrogens with zero attached hydrogens (tertiary/aromatic N) is 1. The molecule has 0 aliphatic carbocycles. The summed E-state index contributed by atoms with van der Waals surface area (Å²) in [6.07, 6.45) is 2.54. The Kier molecular flexibility index (Phi) is 2.80. The highest BCUT2D eigenvalue weighted by Gasteiger charge is 2.38. The van der Waals surface area contributed by atoms with Crippen LogP contribution in [-0.2, 0) is 6.42 Å². The summed E-state index contributed by atoms with van der Waals surface area (Å²) >= 11 is 0. The standard InChI is InChI=1S/C20H22N2/c1-2-5-14(6-3-1)16-9-15-7-4-8-22-13-17-11-21-12-19(17)18(10-16)20(15)22/h1-3,5-6,9-10,17,19,21H,4,7-8,11-13H2/t17-,19-/m0/s1. The fourth-order valence-electron chi connectivity index (χ4n) is 4.70. The van der Waals surface area contributed by atoms with Crippen molar-refractivity contribution in [3.8, 4) is 11.1 Å². The maximum Gasteiger partial charge on any atom is 0.0435 e. The van der Waals surface area contributed by atoms with Crippen LogP contribution in [0.1, 0.15) is 23.5 Å². The molecule has 0 amide bonds. The van der Waals surface area contributed by atoms with Crippen LogP contribution >= 0.6 is 0 Å². The number of rotatable bonds is 1. The van der Waals surface area contributed by atoms with Crippen LogP contribution in [0.15, 0.2) is 42.5 Å². The predicted molar refractivity (Wildman–Crippen MR) is 91.5 cm³/mol. The van der Waals surface area contributed by atoms with Crippen LogP contribution in [0.3, 0.4) is 0 Å². The second kappa shape index (κ2) is 4.85. The van der Waals surface area contributed by atoms with Gasteiger partial charge in [-0.1, -0.05) is 30.3 Å². The average Bonchev–Trinajstić information content (AvgIpc) is 3.04. The summed E-state index contributed by atoms with van der Waals surface area (Å²) < 4.78 is 0. The zero-order valence-electron chi connectivity index (χ0n) is 12.9. The number of benzene rings is 2. The third-order valence-electron chi connectivity index (χ3n) is 5.71. The van der Waals surface area contributed by atoms with E-state index in [0.717, 1.165) is 12.5 Å². The third-order valence-corrected chi connectivity index (χ3v) is 5.71. The van der Waals surface area contributed by atoms with Gasteiger partial charge in [-0.2, -0.15) is 0 Å². The van der Waals surface area contributed by atoms with Gasteiger partial charge in [0.1, 0.15) is 0 Å². The average molecular weight is 290 g/mol. The van der Waals surface area contributed by atoms with E-state index in [-0.39, 0.29) is 0 Å². The summed E-state index contributed by atoms with van der Waals surface area (Å²) in [5.74, 6) is 1.51. The SMILES string of the molecule is c1ccc(-c2cc3c4c(c2)[C@H]2CNC[C@H]2CN4CCC3)cc1. The molecule has 3 aliphatic rings. The zero-order valence-corrected chi connectivity index (χ0v) is 12.9. The van der Waals surface area contributed by atoms with E-state index in [9.17, 15) is 0 Å². The van der Waals surface area contributed by atoms with Crippen molar-refractivity contribution in [2.75, 3.05) is 31.1 Å². The molecule has 0 spiro atoms. The Labute approximate surface area is 132 Å². The molecule has 0 unspecified atom stereocenters. The Morgan fingerprint density at radius 1 is 1.00 bits per heavy atom. The maximum atomic E-state index is 3.62. The number of anilines is 1. The largest absolute Gasteiger partial charge is 0.371 e. The van der Waals surface area contributed by atoms with Crippen LogP contribution in [0.25, 0.3) is 11.1 Å². The lowest BCUT2D eigenvalue weighted by molar-refractivity contribution is 0.470. The second-order valence-electron chi connectivity index (χ2n) is 7.01. The van der Waals surface area contributed by atoms with Crippen LogP contribution in [0, 0.1) is 5.92 Å². The smallest absolute Gasteiger partial charge is 0.0435 e. The van der Waals surface area contributed by atoms with Crippen LogP contribution in [0.2, 0.25) is 0 Å². The van der Waals surface area contributed by atoms with Gasteiger partial charge < -0.3 is 10.2 Å². The van der Waals surface area contributed by atoms with E-state index in [4.69, 9.17) is 0 Å². The molecule has 1 fully saturated rings. The van der Waals surface area contributed by atoms with Gasteiger partial charge in [0.25, 0.3) is 0 Å². The molecule has 2 nitrogen and oxygen atoms in total. The maximum absolute atomic E-state index is 3.62. The minimum absolute atomic E-state index is 0.715. The molecular formula is C20H22N2. The predicted octanol–water partition coefficient (Wildman–Crippen LogP) is 3.42. The van der Waals surface area contributed by atoms with Crippen molar-refractivity contribution in [2.24, 2.45) is 5.92 Å². The van der Waals surface area contributed by atoms with Crippen LogP contribution < -0.4 is 10.2 Å². The molecule has 0 bridgehead atoms. The highest BCUT2D eigenvalue weighted by atomic mass is 15.2. The molecule has 5 rings (SSSR count). The summed E-state index contributed by atoms with van der Waals surface area (Å²) in [7, 11) is 0. The molecule has 2 atom stereocenters. The van der Waals surface area contributed by atoms with E-state index in [0.29, 0.717) is 5.92 Å².